The molecule has 3 aliphatic rings. The van der Waals surface area contributed by atoms with Gasteiger partial charge in [-0.05, 0) is 50.7 Å². The molecule has 4 rings (SSSR count). The van der Waals surface area contributed by atoms with E-state index in [2.05, 4.69) is 11.9 Å². The van der Waals surface area contributed by atoms with Crippen LogP contribution in [0.15, 0.2) is 24.3 Å². The zero-order chi connectivity index (χ0) is 23.4. The summed E-state index contributed by atoms with van der Waals surface area (Å²) in [5.41, 5.74) is 0.821. The molecule has 0 aromatic heterocycles. The quantitative estimate of drug-likeness (QED) is 0.700. The Balaban J connectivity index is 0.000000913. The van der Waals surface area contributed by atoms with E-state index >= 15 is 0 Å². The first-order valence-corrected chi connectivity index (χ1v) is 11.0. The van der Waals surface area contributed by atoms with Crippen LogP contribution in [0.3, 0.4) is 0 Å². The minimum Gasteiger partial charge on any atom is -0.483 e. The number of rotatable bonds is 2. The fourth-order valence-electron chi connectivity index (χ4n) is 5.31. The summed E-state index contributed by atoms with van der Waals surface area (Å²) in [6.07, 6.45) is 1.83. The lowest BCUT2D eigenvalue weighted by Gasteiger charge is -2.34. The largest absolute Gasteiger partial charge is 0.483 e. The summed E-state index contributed by atoms with van der Waals surface area (Å²) < 4.78 is 13.9. The molecule has 176 valence electrons. The Bertz CT molecular complexity index is 828. The van der Waals surface area contributed by atoms with Crippen molar-refractivity contribution in [3.8, 4) is 0 Å². The second kappa shape index (κ2) is 10.3. The van der Waals surface area contributed by atoms with E-state index < -0.39 is 0 Å². The molecule has 3 atom stereocenters. The maximum Gasteiger partial charge on any atom is 0.320 e. The fourth-order valence-corrected chi connectivity index (χ4v) is 5.31. The number of hydrogen-bond acceptors (Lipinski definition) is 4. The highest BCUT2D eigenvalue weighted by Gasteiger charge is 2.51. The van der Waals surface area contributed by atoms with Crippen LogP contribution in [0.4, 0.5) is 9.18 Å². The zero-order valence-electron chi connectivity index (χ0n) is 19.0. The van der Waals surface area contributed by atoms with Crippen LogP contribution in [-0.2, 0) is 9.59 Å². The smallest absolute Gasteiger partial charge is 0.320 e. The summed E-state index contributed by atoms with van der Waals surface area (Å²) in [5.74, 6) is 0.465. The molecule has 3 amide bonds. The molecule has 3 fully saturated rings. The van der Waals surface area contributed by atoms with E-state index in [1.807, 2.05) is 15.9 Å². The Morgan fingerprint density at radius 3 is 2.41 bits per heavy atom. The monoisotopic (exact) mass is 448 g/mol. The van der Waals surface area contributed by atoms with E-state index in [0.29, 0.717) is 19.6 Å². The number of likely N-dealkylation sites (tertiary alicyclic amines) is 3. The SMILES string of the molecule is CN1CCC(C(=O)N2C[C@@H]3CN(C(=O)N(C)C)[C@@H](c4cccc(F)c4)[C@@H]3C2)CC1.O=CO. The molecule has 8 nitrogen and oxygen atoms in total. The molecule has 0 aliphatic carbocycles. The average Bonchev–Trinajstić information content (AvgIpc) is 3.31. The van der Waals surface area contributed by atoms with Crippen LogP contribution in [0.1, 0.15) is 24.4 Å². The predicted octanol–water partition coefficient (Wildman–Crippen LogP) is 1.98. The zero-order valence-corrected chi connectivity index (χ0v) is 19.0. The number of fused-ring (bicyclic) bond motifs is 1. The van der Waals surface area contributed by atoms with Crippen molar-refractivity contribution in [2.75, 3.05) is 53.9 Å². The second-order valence-electron chi connectivity index (χ2n) is 9.18. The van der Waals surface area contributed by atoms with Gasteiger partial charge in [0.1, 0.15) is 5.82 Å². The molecule has 0 unspecified atom stereocenters. The van der Waals surface area contributed by atoms with Gasteiger partial charge in [-0.25, -0.2) is 9.18 Å². The average molecular weight is 449 g/mol. The van der Waals surface area contributed by atoms with Crippen molar-refractivity contribution < 1.29 is 23.9 Å². The van der Waals surface area contributed by atoms with Gasteiger partial charge >= 0.3 is 6.03 Å². The highest BCUT2D eigenvalue weighted by Crippen LogP contribution is 2.45. The van der Waals surface area contributed by atoms with Crippen LogP contribution in [0.2, 0.25) is 0 Å². The number of urea groups is 1. The van der Waals surface area contributed by atoms with Crippen molar-refractivity contribution in [2.45, 2.75) is 18.9 Å². The molecule has 32 heavy (non-hydrogen) atoms. The van der Waals surface area contributed by atoms with Gasteiger partial charge in [-0.2, -0.15) is 0 Å². The van der Waals surface area contributed by atoms with E-state index in [-0.39, 0.29) is 48.0 Å². The van der Waals surface area contributed by atoms with Crippen molar-refractivity contribution in [2.24, 2.45) is 17.8 Å². The molecule has 3 saturated heterocycles. The third-order valence-electron chi connectivity index (χ3n) is 6.86. The minimum absolute atomic E-state index is 0.0538. The predicted molar refractivity (Wildman–Crippen MR) is 117 cm³/mol. The number of nitrogens with zero attached hydrogens (tertiary/aromatic N) is 4. The van der Waals surface area contributed by atoms with Crippen LogP contribution in [-0.4, -0.2) is 97.0 Å². The number of halogens is 1. The molecular weight excluding hydrogens is 415 g/mol. The molecule has 0 bridgehead atoms. The number of amides is 3. The number of carbonyl (C=O) groups excluding carboxylic acids is 2. The Hall–Kier alpha value is -2.68. The molecule has 0 radical (unpaired) electrons. The summed E-state index contributed by atoms with van der Waals surface area (Å²) in [5, 5.41) is 6.89. The topological polar surface area (TPSA) is 84.4 Å². The molecule has 3 heterocycles. The molecular formula is C23H33FN4O4. The van der Waals surface area contributed by atoms with E-state index in [0.717, 1.165) is 31.5 Å². The first kappa shape index (κ1) is 24.0. The highest BCUT2D eigenvalue weighted by atomic mass is 19.1. The van der Waals surface area contributed by atoms with Gasteiger partial charge in [-0.3, -0.25) is 9.59 Å². The van der Waals surface area contributed by atoms with Crippen LogP contribution >= 0.6 is 0 Å². The van der Waals surface area contributed by atoms with Gasteiger partial charge in [0.05, 0.1) is 6.04 Å². The van der Waals surface area contributed by atoms with Crippen molar-refractivity contribution in [3.63, 3.8) is 0 Å². The standard InChI is InChI=1S/C22H31FN4O2.CH2O2/c1-24(2)22(29)27-13-17-12-26(21(28)15-7-9-25(3)10-8-15)14-19(17)20(27)16-5-4-6-18(23)11-16;2-1-3/h4-6,11,15,17,19-20H,7-10,12-14H2,1-3H3;1H,(H,2,3)/t17-,19-,20+;/m1./s1. The van der Waals surface area contributed by atoms with Gasteiger partial charge < -0.3 is 24.7 Å². The van der Waals surface area contributed by atoms with Gasteiger partial charge in [0, 0.05) is 51.5 Å². The maximum atomic E-state index is 13.9. The van der Waals surface area contributed by atoms with Crippen LogP contribution in [0.5, 0.6) is 0 Å². The highest BCUT2D eigenvalue weighted by molar-refractivity contribution is 5.80. The molecule has 0 saturated carbocycles. The van der Waals surface area contributed by atoms with Gasteiger partial charge in [0.25, 0.3) is 6.47 Å². The number of hydrogen-bond donors (Lipinski definition) is 1. The van der Waals surface area contributed by atoms with Gasteiger partial charge in [-0.15, -0.1) is 0 Å². The third-order valence-corrected chi connectivity index (χ3v) is 6.86. The number of piperidine rings is 1. The van der Waals surface area contributed by atoms with Gasteiger partial charge in [0.2, 0.25) is 5.91 Å². The number of carbonyl (C=O) groups is 3. The third kappa shape index (κ3) is 5.03. The molecule has 1 aromatic rings. The van der Waals surface area contributed by atoms with Gasteiger partial charge in [-0.1, -0.05) is 12.1 Å². The van der Waals surface area contributed by atoms with Crippen LogP contribution in [0, 0.1) is 23.6 Å². The molecule has 1 aromatic carbocycles. The minimum atomic E-state index is -0.291. The van der Waals surface area contributed by atoms with Crippen LogP contribution < -0.4 is 0 Å². The second-order valence-corrected chi connectivity index (χ2v) is 9.18. The van der Waals surface area contributed by atoms with E-state index in [1.54, 1.807) is 25.1 Å². The summed E-state index contributed by atoms with van der Waals surface area (Å²) >= 11 is 0. The van der Waals surface area contributed by atoms with E-state index in [9.17, 15) is 14.0 Å². The summed E-state index contributed by atoms with van der Waals surface area (Å²) in [4.78, 5) is 42.0. The first-order chi connectivity index (χ1) is 15.3. The normalized spacial score (nSPS) is 25.7. The van der Waals surface area contributed by atoms with Crippen LogP contribution in [0.25, 0.3) is 0 Å². The van der Waals surface area contributed by atoms with E-state index in [1.165, 1.54) is 12.1 Å². The van der Waals surface area contributed by atoms with E-state index in [4.69, 9.17) is 9.90 Å². The van der Waals surface area contributed by atoms with Gasteiger partial charge in [0.15, 0.2) is 0 Å². The Morgan fingerprint density at radius 1 is 1.16 bits per heavy atom. The maximum absolute atomic E-state index is 13.9. The molecule has 3 aliphatic heterocycles. The number of benzene rings is 1. The Morgan fingerprint density at radius 2 is 1.81 bits per heavy atom. The summed E-state index contributed by atoms with van der Waals surface area (Å²) in [6, 6.07) is 6.31. The lowest BCUT2D eigenvalue weighted by atomic mass is 9.89. The van der Waals surface area contributed by atoms with Crippen molar-refractivity contribution in [3.05, 3.63) is 35.6 Å². The molecule has 9 heteroatoms. The Labute approximate surface area is 188 Å². The van der Waals surface area contributed by atoms with Crippen molar-refractivity contribution in [1.82, 2.24) is 19.6 Å². The molecule has 1 N–H and O–H groups in total. The first-order valence-electron chi connectivity index (χ1n) is 11.0. The fraction of sp³-hybridized carbons (Fsp3) is 0.609. The Kier molecular flexibility index (Phi) is 7.71. The lowest BCUT2D eigenvalue weighted by molar-refractivity contribution is -0.136. The van der Waals surface area contributed by atoms with Crippen molar-refractivity contribution in [1.29, 1.82) is 0 Å². The number of carboxylic acid groups (broad SMARTS) is 1. The summed E-state index contributed by atoms with van der Waals surface area (Å²) in [7, 11) is 5.59. The summed E-state index contributed by atoms with van der Waals surface area (Å²) in [6.45, 7) is 3.63. The van der Waals surface area contributed by atoms with Crippen molar-refractivity contribution >= 4 is 18.4 Å². The lowest BCUT2D eigenvalue weighted by Crippen LogP contribution is -2.44. The molecule has 0 spiro atoms.